The molecule has 0 bridgehead atoms. The topological polar surface area (TPSA) is 67.4 Å². The number of nitrogens with one attached hydrogen (secondary N) is 2. The molecule has 5 nitrogen and oxygen atoms in total. The van der Waals surface area contributed by atoms with E-state index in [1.807, 2.05) is 40.7 Å². The van der Waals surface area contributed by atoms with Gasteiger partial charge < -0.3 is 15.4 Å². The van der Waals surface area contributed by atoms with E-state index in [-0.39, 0.29) is 11.4 Å². The first kappa shape index (κ1) is 20.3. The van der Waals surface area contributed by atoms with Crippen LogP contribution in [-0.4, -0.2) is 29.7 Å². The first-order valence-electron chi connectivity index (χ1n) is 9.43. The summed E-state index contributed by atoms with van der Waals surface area (Å²) in [6.07, 6.45) is 3.79. The van der Waals surface area contributed by atoms with Crippen molar-refractivity contribution < 1.29 is 14.3 Å². The molecule has 1 fully saturated rings. The van der Waals surface area contributed by atoms with Gasteiger partial charge in [-0.2, -0.15) is 0 Å². The van der Waals surface area contributed by atoms with E-state index in [9.17, 15) is 9.59 Å². The van der Waals surface area contributed by atoms with Crippen LogP contribution in [0.25, 0.3) is 0 Å². The Hall–Kier alpha value is -2.04. The van der Waals surface area contributed by atoms with E-state index in [0.717, 1.165) is 42.4 Å². The highest BCUT2D eigenvalue weighted by atomic mass is 16.6. The number of carbonyl (C=O) groups is 2. The molecule has 26 heavy (non-hydrogen) atoms. The van der Waals surface area contributed by atoms with E-state index < -0.39 is 11.7 Å². The maximum Gasteiger partial charge on any atom is 0.407 e. The molecule has 144 valence electrons. The molecule has 1 aliphatic carbocycles. The summed E-state index contributed by atoms with van der Waals surface area (Å²) in [4.78, 5) is 24.6. The minimum absolute atomic E-state index is 0.00610. The van der Waals surface area contributed by atoms with Gasteiger partial charge in [-0.15, -0.1) is 0 Å². The van der Waals surface area contributed by atoms with Crippen LogP contribution in [0, 0.1) is 13.8 Å². The predicted octanol–water partition coefficient (Wildman–Crippen LogP) is 3.80. The number of hydrogen-bond donors (Lipinski definition) is 2. The minimum atomic E-state index is -0.529. The van der Waals surface area contributed by atoms with E-state index in [1.54, 1.807) is 0 Å². The van der Waals surface area contributed by atoms with Gasteiger partial charge >= 0.3 is 6.09 Å². The molecular formula is C21H32N2O3. The molecule has 0 aliphatic heterocycles. The zero-order valence-electron chi connectivity index (χ0n) is 16.7. The van der Waals surface area contributed by atoms with E-state index in [0.29, 0.717) is 13.0 Å². The summed E-state index contributed by atoms with van der Waals surface area (Å²) in [6, 6.07) is 6.17. The molecular weight excluding hydrogens is 328 g/mol. The van der Waals surface area contributed by atoms with Crippen molar-refractivity contribution in [3.05, 3.63) is 34.9 Å². The molecule has 0 spiro atoms. The SMILES string of the molecule is Cc1ccc(C)c(CC(=O)NC2(CNC(=O)OC(C)(C)C)CCCC2)c1. The fraction of sp³-hybridized carbons (Fsp3) is 0.619. The second-order valence-corrected chi connectivity index (χ2v) is 8.50. The normalized spacial score (nSPS) is 16.2. The molecule has 0 unspecified atom stereocenters. The molecule has 1 saturated carbocycles. The van der Waals surface area contributed by atoms with Crippen LogP contribution in [0.5, 0.6) is 0 Å². The molecule has 2 rings (SSSR count). The van der Waals surface area contributed by atoms with Crippen molar-refractivity contribution in [1.82, 2.24) is 10.6 Å². The Bertz CT molecular complexity index is 656. The molecule has 0 aromatic heterocycles. The molecule has 0 atom stereocenters. The van der Waals surface area contributed by atoms with Crippen LogP contribution < -0.4 is 10.6 Å². The zero-order valence-corrected chi connectivity index (χ0v) is 16.7. The summed E-state index contributed by atoms with van der Waals surface area (Å²) < 4.78 is 5.31. The molecule has 5 heteroatoms. The monoisotopic (exact) mass is 360 g/mol. The van der Waals surface area contributed by atoms with Crippen molar-refractivity contribution in [1.29, 1.82) is 0 Å². The zero-order chi connectivity index (χ0) is 19.4. The quantitative estimate of drug-likeness (QED) is 0.839. The number of carbonyl (C=O) groups excluding carboxylic acids is 2. The summed E-state index contributed by atoms with van der Waals surface area (Å²) >= 11 is 0. The van der Waals surface area contributed by atoms with Crippen LogP contribution in [0.3, 0.4) is 0 Å². The van der Waals surface area contributed by atoms with Gasteiger partial charge in [0.15, 0.2) is 0 Å². The standard InChI is InChI=1S/C21H32N2O3/c1-15-8-9-16(2)17(12-15)13-18(24)23-21(10-6-7-11-21)14-22-19(25)26-20(3,4)5/h8-9,12H,6-7,10-11,13-14H2,1-5H3,(H,22,25)(H,23,24). The molecule has 0 saturated heterocycles. The number of benzene rings is 1. The van der Waals surface area contributed by atoms with Gasteiger partial charge in [-0.1, -0.05) is 36.6 Å². The van der Waals surface area contributed by atoms with Crippen LogP contribution in [-0.2, 0) is 16.0 Å². The second-order valence-electron chi connectivity index (χ2n) is 8.50. The van der Waals surface area contributed by atoms with Gasteiger partial charge in [0.05, 0.1) is 12.0 Å². The Labute approximate surface area is 156 Å². The van der Waals surface area contributed by atoms with Crippen LogP contribution in [0.15, 0.2) is 18.2 Å². The Morgan fingerprint density at radius 2 is 1.81 bits per heavy atom. The molecule has 1 aromatic carbocycles. The van der Waals surface area contributed by atoms with E-state index in [4.69, 9.17) is 4.74 Å². The van der Waals surface area contributed by atoms with Crippen molar-refractivity contribution >= 4 is 12.0 Å². The molecule has 0 radical (unpaired) electrons. The summed E-state index contributed by atoms with van der Waals surface area (Å²) in [5, 5.41) is 6.03. The number of aryl methyl sites for hydroxylation is 2. The lowest BCUT2D eigenvalue weighted by Gasteiger charge is -2.31. The van der Waals surface area contributed by atoms with Gasteiger partial charge in [0, 0.05) is 6.54 Å². The highest BCUT2D eigenvalue weighted by Crippen LogP contribution is 2.29. The third-order valence-electron chi connectivity index (χ3n) is 4.79. The Balaban J connectivity index is 1.97. The summed E-state index contributed by atoms with van der Waals surface area (Å²) in [5.74, 6) is 0.00610. The summed E-state index contributed by atoms with van der Waals surface area (Å²) in [6.45, 7) is 9.97. The number of alkyl carbamates (subject to hydrolysis) is 1. The molecule has 0 heterocycles. The summed E-state index contributed by atoms with van der Waals surface area (Å²) in [7, 11) is 0. The van der Waals surface area contributed by atoms with Gasteiger partial charge in [0.2, 0.25) is 5.91 Å². The average molecular weight is 360 g/mol. The lowest BCUT2D eigenvalue weighted by atomic mass is 9.96. The third kappa shape index (κ3) is 6.04. The van der Waals surface area contributed by atoms with Gasteiger partial charge in [-0.05, 0) is 58.6 Å². The fourth-order valence-corrected chi connectivity index (χ4v) is 3.46. The molecule has 1 aliphatic rings. The maximum atomic E-state index is 12.7. The first-order chi connectivity index (χ1) is 12.1. The van der Waals surface area contributed by atoms with E-state index in [1.165, 1.54) is 0 Å². The Morgan fingerprint density at radius 3 is 2.42 bits per heavy atom. The van der Waals surface area contributed by atoms with Crippen LogP contribution in [0.2, 0.25) is 0 Å². The van der Waals surface area contributed by atoms with Crippen molar-refractivity contribution in [3.63, 3.8) is 0 Å². The lowest BCUT2D eigenvalue weighted by Crippen LogP contribution is -2.54. The predicted molar refractivity (Wildman–Crippen MR) is 103 cm³/mol. The average Bonchev–Trinajstić information content (AvgIpc) is 2.96. The summed E-state index contributed by atoms with van der Waals surface area (Å²) in [5.41, 5.74) is 2.43. The number of amides is 2. The molecule has 2 amide bonds. The van der Waals surface area contributed by atoms with Crippen LogP contribution in [0.4, 0.5) is 4.79 Å². The van der Waals surface area contributed by atoms with E-state index >= 15 is 0 Å². The van der Waals surface area contributed by atoms with Crippen molar-refractivity contribution in [3.8, 4) is 0 Å². The van der Waals surface area contributed by atoms with Gasteiger partial charge in [-0.3, -0.25) is 4.79 Å². The largest absolute Gasteiger partial charge is 0.444 e. The molecule has 2 N–H and O–H groups in total. The van der Waals surface area contributed by atoms with Crippen molar-refractivity contribution in [2.45, 2.75) is 77.9 Å². The molecule has 1 aromatic rings. The lowest BCUT2D eigenvalue weighted by molar-refractivity contribution is -0.122. The number of hydrogen-bond acceptors (Lipinski definition) is 3. The number of ether oxygens (including phenoxy) is 1. The van der Waals surface area contributed by atoms with Crippen LogP contribution >= 0.6 is 0 Å². The Morgan fingerprint density at radius 1 is 1.15 bits per heavy atom. The third-order valence-corrected chi connectivity index (χ3v) is 4.79. The van der Waals surface area contributed by atoms with Gasteiger partial charge in [0.25, 0.3) is 0 Å². The van der Waals surface area contributed by atoms with Gasteiger partial charge in [-0.25, -0.2) is 4.79 Å². The number of rotatable bonds is 5. The second kappa shape index (κ2) is 8.11. The smallest absolute Gasteiger partial charge is 0.407 e. The van der Waals surface area contributed by atoms with Gasteiger partial charge in [0.1, 0.15) is 5.60 Å². The minimum Gasteiger partial charge on any atom is -0.444 e. The van der Waals surface area contributed by atoms with Crippen LogP contribution in [0.1, 0.15) is 63.1 Å². The maximum absolute atomic E-state index is 12.7. The van der Waals surface area contributed by atoms with Crippen molar-refractivity contribution in [2.24, 2.45) is 0 Å². The first-order valence-corrected chi connectivity index (χ1v) is 9.43. The fourth-order valence-electron chi connectivity index (χ4n) is 3.46. The van der Waals surface area contributed by atoms with Crippen molar-refractivity contribution in [2.75, 3.05) is 6.54 Å². The Kier molecular flexibility index (Phi) is 6.32. The highest BCUT2D eigenvalue weighted by molar-refractivity contribution is 5.80. The highest BCUT2D eigenvalue weighted by Gasteiger charge is 2.36. The van der Waals surface area contributed by atoms with E-state index in [2.05, 4.69) is 22.8 Å².